The van der Waals surface area contributed by atoms with E-state index in [0.29, 0.717) is 10.6 Å². The third-order valence-electron chi connectivity index (χ3n) is 1.28. The van der Waals surface area contributed by atoms with Crippen LogP contribution in [0, 0.1) is 22.9 Å². The van der Waals surface area contributed by atoms with E-state index in [0.717, 1.165) is 0 Å². The Kier molecular flexibility index (Phi) is 6.12. The van der Waals surface area contributed by atoms with Gasteiger partial charge in [0.05, 0.1) is 0 Å². The van der Waals surface area contributed by atoms with Crippen LogP contribution in [0.1, 0.15) is 10.4 Å². The zero-order valence-corrected chi connectivity index (χ0v) is 8.32. The fourth-order valence-electron chi connectivity index (χ4n) is 0.724. The van der Waals surface area contributed by atoms with Crippen LogP contribution in [-0.4, -0.2) is 5.91 Å². The van der Waals surface area contributed by atoms with E-state index >= 15 is 0 Å². The van der Waals surface area contributed by atoms with Crippen molar-refractivity contribution in [2.75, 3.05) is 0 Å². The fourth-order valence-corrected chi connectivity index (χ4v) is 0.850. The molecule has 76 valence electrons. The Morgan fingerprint density at radius 1 is 1.33 bits per heavy atom. The van der Waals surface area contributed by atoms with E-state index in [2.05, 4.69) is 5.73 Å². The third-order valence-corrected chi connectivity index (χ3v) is 1.53. The molecular formula is C9H7ClN4O. The van der Waals surface area contributed by atoms with Crippen LogP contribution in [0.25, 0.3) is 0 Å². The minimum absolute atomic E-state index is 0.418. The summed E-state index contributed by atoms with van der Waals surface area (Å²) in [6, 6.07) is 6.28. The van der Waals surface area contributed by atoms with Gasteiger partial charge in [-0.15, -0.1) is 0 Å². The van der Waals surface area contributed by atoms with Crippen molar-refractivity contribution in [1.82, 2.24) is 5.32 Å². The molecule has 0 saturated carbocycles. The first-order valence-electron chi connectivity index (χ1n) is 3.70. The molecule has 0 fully saturated rings. The Morgan fingerprint density at radius 2 is 1.80 bits per heavy atom. The molecule has 1 aromatic carbocycles. The van der Waals surface area contributed by atoms with Gasteiger partial charge in [0.15, 0.2) is 12.4 Å². The first-order chi connectivity index (χ1) is 7.15. The van der Waals surface area contributed by atoms with Crippen molar-refractivity contribution in [3.8, 4) is 12.4 Å². The van der Waals surface area contributed by atoms with Gasteiger partial charge in [-0.1, -0.05) is 11.6 Å². The molecule has 0 radical (unpaired) electrons. The summed E-state index contributed by atoms with van der Waals surface area (Å²) in [4.78, 5) is 11.0. The Labute approximate surface area is 91.7 Å². The number of carbonyl (C=O) groups is 1. The SMILES string of the molecule is N#CN.N#CNC(=O)c1ccc(Cl)cc1. The Bertz CT molecular complexity index is 402. The maximum absolute atomic E-state index is 11.0. The van der Waals surface area contributed by atoms with Gasteiger partial charge in [0.2, 0.25) is 0 Å². The lowest BCUT2D eigenvalue weighted by atomic mass is 10.2. The highest BCUT2D eigenvalue weighted by atomic mass is 35.5. The first-order valence-corrected chi connectivity index (χ1v) is 4.08. The molecular weight excluding hydrogens is 216 g/mol. The summed E-state index contributed by atoms with van der Waals surface area (Å²) in [5.74, 6) is -0.422. The summed E-state index contributed by atoms with van der Waals surface area (Å²) in [5, 5.41) is 17.8. The quantitative estimate of drug-likeness (QED) is 0.546. The Morgan fingerprint density at radius 3 is 2.20 bits per heavy atom. The number of nitrogens with zero attached hydrogens (tertiary/aromatic N) is 2. The van der Waals surface area contributed by atoms with Crippen LogP contribution >= 0.6 is 11.6 Å². The number of hydrogen-bond acceptors (Lipinski definition) is 4. The number of rotatable bonds is 1. The normalized spacial score (nSPS) is 7.40. The molecule has 0 aromatic heterocycles. The molecule has 0 bridgehead atoms. The van der Waals surface area contributed by atoms with Crippen molar-refractivity contribution in [3.05, 3.63) is 34.9 Å². The van der Waals surface area contributed by atoms with Gasteiger partial charge in [-0.2, -0.15) is 10.5 Å². The molecule has 1 amide bonds. The number of nitriles is 2. The van der Waals surface area contributed by atoms with E-state index in [1.54, 1.807) is 30.5 Å². The number of amides is 1. The van der Waals surface area contributed by atoms with Gasteiger partial charge in [0.1, 0.15) is 0 Å². The standard InChI is InChI=1S/C8H5ClN2O.CH2N2/c9-7-3-1-6(2-4-7)8(12)11-5-10;2-1-3/h1-4H,(H,11,12);2H2. The molecule has 0 aliphatic rings. The molecule has 1 aromatic rings. The lowest BCUT2D eigenvalue weighted by molar-refractivity contribution is 0.0973. The lowest BCUT2D eigenvalue weighted by Crippen LogP contribution is -2.16. The number of halogens is 1. The van der Waals surface area contributed by atoms with E-state index in [4.69, 9.17) is 22.1 Å². The van der Waals surface area contributed by atoms with Crippen LogP contribution in [0.2, 0.25) is 5.02 Å². The highest BCUT2D eigenvalue weighted by molar-refractivity contribution is 6.30. The van der Waals surface area contributed by atoms with E-state index in [-0.39, 0.29) is 0 Å². The maximum Gasteiger partial charge on any atom is 0.264 e. The average molecular weight is 223 g/mol. The fraction of sp³-hybridized carbons (Fsp3) is 0. The molecule has 0 unspecified atom stereocenters. The van der Waals surface area contributed by atoms with E-state index < -0.39 is 5.91 Å². The highest BCUT2D eigenvalue weighted by Crippen LogP contribution is 2.08. The van der Waals surface area contributed by atoms with Gasteiger partial charge >= 0.3 is 0 Å². The van der Waals surface area contributed by atoms with Gasteiger partial charge in [-0.25, -0.2) is 0 Å². The molecule has 5 nitrogen and oxygen atoms in total. The minimum atomic E-state index is -0.422. The average Bonchev–Trinajstić information content (AvgIpc) is 2.20. The van der Waals surface area contributed by atoms with E-state index in [1.165, 1.54) is 6.19 Å². The lowest BCUT2D eigenvalue weighted by Gasteiger charge is -1.96. The zero-order chi connectivity index (χ0) is 11.7. The molecule has 0 spiro atoms. The topological polar surface area (TPSA) is 103 Å². The molecule has 1 rings (SSSR count). The van der Waals surface area contributed by atoms with Crippen molar-refractivity contribution in [2.45, 2.75) is 0 Å². The minimum Gasteiger partial charge on any atom is -0.337 e. The van der Waals surface area contributed by atoms with Gasteiger partial charge in [0.25, 0.3) is 5.91 Å². The monoisotopic (exact) mass is 222 g/mol. The van der Waals surface area contributed by atoms with E-state index in [1.807, 2.05) is 5.32 Å². The molecule has 3 N–H and O–H groups in total. The number of nitrogens with two attached hydrogens (primary N) is 1. The second kappa shape index (κ2) is 7.19. The molecule has 0 heterocycles. The van der Waals surface area contributed by atoms with Crippen LogP contribution in [0.4, 0.5) is 0 Å². The largest absolute Gasteiger partial charge is 0.337 e. The smallest absolute Gasteiger partial charge is 0.264 e. The Hall–Kier alpha value is -2.24. The summed E-state index contributed by atoms with van der Waals surface area (Å²) in [5.41, 5.74) is 4.57. The number of hydrogen-bond donors (Lipinski definition) is 2. The first kappa shape index (κ1) is 12.8. The molecule has 0 aliphatic carbocycles. The summed E-state index contributed by atoms with van der Waals surface area (Å²) < 4.78 is 0. The number of nitrogens with one attached hydrogen (secondary N) is 1. The van der Waals surface area contributed by atoms with Crippen LogP contribution < -0.4 is 11.1 Å². The third kappa shape index (κ3) is 5.14. The summed E-state index contributed by atoms with van der Waals surface area (Å²) in [6.45, 7) is 0. The van der Waals surface area contributed by atoms with Crippen LogP contribution in [0.5, 0.6) is 0 Å². The molecule has 0 saturated heterocycles. The summed E-state index contributed by atoms with van der Waals surface area (Å²) in [7, 11) is 0. The molecule has 0 aliphatic heterocycles. The second-order valence-corrected chi connectivity index (χ2v) is 2.64. The van der Waals surface area contributed by atoms with Crippen LogP contribution in [-0.2, 0) is 0 Å². The van der Waals surface area contributed by atoms with Crippen molar-refractivity contribution in [2.24, 2.45) is 5.73 Å². The predicted octanol–water partition coefficient (Wildman–Crippen LogP) is 0.977. The van der Waals surface area contributed by atoms with E-state index in [9.17, 15) is 4.79 Å². The van der Waals surface area contributed by atoms with Crippen LogP contribution in [0.15, 0.2) is 24.3 Å². The van der Waals surface area contributed by atoms with Gasteiger partial charge in [0, 0.05) is 10.6 Å². The van der Waals surface area contributed by atoms with Crippen molar-refractivity contribution in [3.63, 3.8) is 0 Å². The molecule has 0 atom stereocenters. The Balaban J connectivity index is 0.000000583. The van der Waals surface area contributed by atoms with Gasteiger partial charge in [-0.05, 0) is 24.3 Å². The summed E-state index contributed by atoms with van der Waals surface area (Å²) in [6.07, 6.45) is 2.80. The molecule has 6 heteroatoms. The second-order valence-electron chi connectivity index (χ2n) is 2.20. The maximum atomic E-state index is 11.0. The highest BCUT2D eigenvalue weighted by Gasteiger charge is 2.02. The van der Waals surface area contributed by atoms with Gasteiger partial charge < -0.3 is 5.73 Å². The summed E-state index contributed by atoms with van der Waals surface area (Å²) >= 11 is 5.60. The zero-order valence-electron chi connectivity index (χ0n) is 7.57. The van der Waals surface area contributed by atoms with Gasteiger partial charge in [-0.3, -0.25) is 10.1 Å². The van der Waals surface area contributed by atoms with Crippen molar-refractivity contribution >= 4 is 17.5 Å². The van der Waals surface area contributed by atoms with Crippen LogP contribution in [0.3, 0.4) is 0 Å². The number of carbonyl (C=O) groups excluding carboxylic acids is 1. The van der Waals surface area contributed by atoms with Crippen molar-refractivity contribution in [1.29, 1.82) is 10.5 Å². The predicted molar refractivity (Wildman–Crippen MR) is 54.3 cm³/mol. The number of benzene rings is 1. The van der Waals surface area contributed by atoms with Crippen molar-refractivity contribution < 1.29 is 4.79 Å². The molecule has 15 heavy (non-hydrogen) atoms.